The molecule has 0 N–H and O–H groups in total. The molecule has 0 unspecified atom stereocenters. The normalized spacial score (nSPS) is 11.4. The Morgan fingerprint density at radius 2 is 1.62 bits per heavy atom. The lowest BCUT2D eigenvalue weighted by Crippen LogP contribution is -2.32. The summed E-state index contributed by atoms with van der Waals surface area (Å²) < 4.78 is 2.24. The predicted molar refractivity (Wildman–Crippen MR) is 90.0 cm³/mol. The van der Waals surface area contributed by atoms with Gasteiger partial charge in [0.2, 0.25) is 11.2 Å². The Kier molecular flexibility index (Phi) is 3.57. The van der Waals surface area contributed by atoms with Gasteiger partial charge in [-0.15, -0.1) is 0 Å². The quantitative estimate of drug-likeness (QED) is 0.608. The Bertz CT molecular complexity index is 828. The summed E-state index contributed by atoms with van der Waals surface area (Å²) in [4.78, 5) is 0. The summed E-state index contributed by atoms with van der Waals surface area (Å²) in [5, 5.41) is 1.28. The number of fused-ring (bicyclic) bond motifs is 1. The highest BCUT2D eigenvalue weighted by Crippen LogP contribution is 2.14. The van der Waals surface area contributed by atoms with Crippen LogP contribution in [-0.4, -0.2) is 0 Å². The van der Waals surface area contributed by atoms with E-state index in [1.807, 2.05) is 0 Å². The van der Waals surface area contributed by atoms with Crippen molar-refractivity contribution in [2.75, 3.05) is 0 Å². The molecule has 0 atom stereocenters. The van der Waals surface area contributed by atoms with E-state index in [2.05, 4.69) is 92.2 Å². The van der Waals surface area contributed by atoms with Crippen LogP contribution in [0.2, 0.25) is 0 Å². The van der Waals surface area contributed by atoms with Crippen LogP contribution in [0, 0.1) is 13.8 Å². The van der Waals surface area contributed by atoms with Gasteiger partial charge in [-0.3, -0.25) is 0 Å². The second-order valence-corrected chi connectivity index (χ2v) is 5.63. The van der Waals surface area contributed by atoms with Crippen LogP contribution in [0.4, 0.5) is 0 Å². The van der Waals surface area contributed by atoms with Gasteiger partial charge < -0.3 is 0 Å². The lowest BCUT2D eigenvalue weighted by Gasteiger charge is -2.01. The molecule has 3 aromatic rings. The van der Waals surface area contributed by atoms with Gasteiger partial charge in [0.25, 0.3) is 0 Å². The minimum absolute atomic E-state index is 1.20. The van der Waals surface area contributed by atoms with Crippen molar-refractivity contribution in [3.05, 3.63) is 77.0 Å². The number of pyridine rings is 1. The topological polar surface area (TPSA) is 3.88 Å². The highest BCUT2D eigenvalue weighted by Gasteiger charge is 2.08. The molecule has 1 nitrogen and oxygen atoms in total. The Morgan fingerprint density at radius 3 is 2.43 bits per heavy atom. The molecule has 0 spiro atoms. The smallest absolute Gasteiger partial charge is 0.195 e. The van der Waals surface area contributed by atoms with Crippen molar-refractivity contribution in [2.45, 2.75) is 13.8 Å². The maximum Gasteiger partial charge on any atom is 0.212 e. The SMILES string of the molecule is Cc1cccc(/C=C/c2ccc3cc(C)ccc3[n+]2C)c1. The van der Waals surface area contributed by atoms with Gasteiger partial charge in [-0.25, -0.2) is 0 Å². The number of hydrogen-bond acceptors (Lipinski definition) is 0. The molecular formula is C20H20N+. The third-order valence-corrected chi connectivity index (χ3v) is 3.85. The van der Waals surface area contributed by atoms with E-state index in [0.29, 0.717) is 0 Å². The first-order valence-corrected chi connectivity index (χ1v) is 7.28. The number of nitrogens with zero attached hydrogens (tertiary/aromatic N) is 1. The molecule has 1 heteroatoms. The van der Waals surface area contributed by atoms with E-state index in [-0.39, 0.29) is 0 Å². The molecule has 2 aromatic carbocycles. The number of rotatable bonds is 2. The fourth-order valence-corrected chi connectivity index (χ4v) is 2.66. The van der Waals surface area contributed by atoms with Crippen LogP contribution in [0.25, 0.3) is 23.1 Å². The van der Waals surface area contributed by atoms with Crippen LogP contribution in [0.3, 0.4) is 0 Å². The van der Waals surface area contributed by atoms with Crippen LogP contribution in [-0.2, 0) is 7.05 Å². The van der Waals surface area contributed by atoms with Gasteiger partial charge in [-0.2, -0.15) is 4.57 Å². The molecule has 1 aromatic heterocycles. The van der Waals surface area contributed by atoms with Gasteiger partial charge in [-0.1, -0.05) is 41.5 Å². The molecule has 0 bridgehead atoms. The predicted octanol–water partition coefficient (Wildman–Crippen LogP) is 4.45. The van der Waals surface area contributed by atoms with Crippen molar-refractivity contribution in [1.82, 2.24) is 0 Å². The van der Waals surface area contributed by atoms with E-state index < -0.39 is 0 Å². The summed E-state index contributed by atoms with van der Waals surface area (Å²) in [6.07, 6.45) is 4.34. The van der Waals surface area contributed by atoms with E-state index in [1.54, 1.807) is 0 Å². The molecule has 3 rings (SSSR count). The highest BCUT2D eigenvalue weighted by molar-refractivity contribution is 5.78. The average Bonchev–Trinajstić information content (AvgIpc) is 2.46. The summed E-state index contributed by atoms with van der Waals surface area (Å²) in [7, 11) is 2.12. The molecule has 0 aliphatic heterocycles. The van der Waals surface area contributed by atoms with Gasteiger partial charge in [0.15, 0.2) is 0 Å². The number of hydrogen-bond donors (Lipinski definition) is 0. The zero-order chi connectivity index (χ0) is 14.8. The second-order valence-electron chi connectivity index (χ2n) is 5.63. The first-order chi connectivity index (χ1) is 10.1. The van der Waals surface area contributed by atoms with Gasteiger partial charge in [0.1, 0.15) is 7.05 Å². The maximum absolute atomic E-state index is 2.24. The Balaban J connectivity index is 2.01. The Morgan fingerprint density at radius 1 is 0.810 bits per heavy atom. The zero-order valence-corrected chi connectivity index (χ0v) is 12.8. The molecule has 0 saturated heterocycles. The lowest BCUT2D eigenvalue weighted by molar-refractivity contribution is -0.646. The molecule has 21 heavy (non-hydrogen) atoms. The van der Waals surface area contributed by atoms with Crippen LogP contribution in [0.15, 0.2) is 54.6 Å². The van der Waals surface area contributed by atoms with Crippen LogP contribution in [0.5, 0.6) is 0 Å². The van der Waals surface area contributed by atoms with Crippen molar-refractivity contribution in [3.8, 4) is 0 Å². The van der Waals surface area contributed by atoms with Gasteiger partial charge in [0, 0.05) is 23.6 Å². The van der Waals surface area contributed by atoms with E-state index in [1.165, 1.54) is 33.3 Å². The summed E-state index contributed by atoms with van der Waals surface area (Å²) in [6, 6.07) is 19.5. The largest absolute Gasteiger partial charge is 0.212 e. The van der Waals surface area contributed by atoms with Crippen molar-refractivity contribution < 1.29 is 4.57 Å². The maximum atomic E-state index is 2.24. The lowest BCUT2D eigenvalue weighted by atomic mass is 10.1. The molecule has 104 valence electrons. The standard InChI is InChI=1S/C20H20N/c1-15-5-4-6-17(13-15)8-10-19-11-9-18-14-16(2)7-12-20(18)21(19)3/h4-14H,1-3H3/q+1/b10-8+. The molecule has 0 aliphatic carbocycles. The third kappa shape index (κ3) is 2.87. The number of benzene rings is 2. The van der Waals surface area contributed by atoms with Crippen molar-refractivity contribution in [1.29, 1.82) is 0 Å². The summed E-state index contributed by atoms with van der Waals surface area (Å²) in [5.41, 5.74) is 6.28. The van der Waals surface area contributed by atoms with E-state index in [0.717, 1.165) is 0 Å². The van der Waals surface area contributed by atoms with E-state index in [9.17, 15) is 0 Å². The zero-order valence-electron chi connectivity index (χ0n) is 12.8. The molecule has 0 fully saturated rings. The molecule has 0 amide bonds. The van der Waals surface area contributed by atoms with Crippen molar-refractivity contribution in [2.24, 2.45) is 7.05 Å². The minimum Gasteiger partial charge on any atom is -0.195 e. The third-order valence-electron chi connectivity index (χ3n) is 3.85. The van der Waals surface area contributed by atoms with E-state index >= 15 is 0 Å². The van der Waals surface area contributed by atoms with Crippen molar-refractivity contribution in [3.63, 3.8) is 0 Å². The summed E-state index contributed by atoms with van der Waals surface area (Å²) >= 11 is 0. The Hall–Kier alpha value is -2.41. The molecule has 1 heterocycles. The van der Waals surface area contributed by atoms with Crippen LogP contribution < -0.4 is 4.57 Å². The molecule has 0 radical (unpaired) electrons. The number of aromatic nitrogens is 1. The first kappa shape index (κ1) is 13.6. The average molecular weight is 274 g/mol. The Labute approximate surface area is 126 Å². The van der Waals surface area contributed by atoms with Crippen molar-refractivity contribution >= 4 is 23.1 Å². The van der Waals surface area contributed by atoms with Crippen LogP contribution >= 0.6 is 0 Å². The molecule has 0 saturated carbocycles. The van der Waals surface area contributed by atoms with Gasteiger partial charge >= 0.3 is 0 Å². The number of aryl methyl sites for hydroxylation is 3. The van der Waals surface area contributed by atoms with E-state index in [4.69, 9.17) is 0 Å². The summed E-state index contributed by atoms with van der Waals surface area (Å²) in [5.74, 6) is 0. The second kappa shape index (κ2) is 5.53. The summed E-state index contributed by atoms with van der Waals surface area (Å²) in [6.45, 7) is 4.25. The monoisotopic (exact) mass is 274 g/mol. The first-order valence-electron chi connectivity index (χ1n) is 7.28. The van der Waals surface area contributed by atoms with Gasteiger partial charge in [-0.05, 0) is 37.6 Å². The fraction of sp³-hybridized carbons (Fsp3) is 0.150. The highest BCUT2D eigenvalue weighted by atomic mass is 14.9. The van der Waals surface area contributed by atoms with Gasteiger partial charge in [0.05, 0.1) is 0 Å². The molecule has 0 aliphatic rings. The molecular weight excluding hydrogens is 254 g/mol. The minimum atomic E-state index is 1.20. The fourth-order valence-electron chi connectivity index (χ4n) is 2.66. The van der Waals surface area contributed by atoms with Crippen LogP contribution in [0.1, 0.15) is 22.4 Å².